The van der Waals surface area contributed by atoms with E-state index in [1.807, 2.05) is 4.57 Å². The summed E-state index contributed by atoms with van der Waals surface area (Å²) in [7, 11) is 0. The first kappa shape index (κ1) is 14.1. The quantitative estimate of drug-likeness (QED) is 0.825. The summed E-state index contributed by atoms with van der Waals surface area (Å²) < 4.78 is 2.00. The molecule has 5 heteroatoms. The minimum Gasteiger partial charge on any atom is -0.388 e. The number of benzene rings is 1. The highest BCUT2D eigenvalue weighted by molar-refractivity contribution is 7.98. The van der Waals surface area contributed by atoms with Crippen LogP contribution in [0, 0.1) is 6.92 Å². The average Bonchev–Trinajstić information content (AvgIpc) is 2.79. The lowest BCUT2D eigenvalue weighted by Gasteiger charge is -2.07. The summed E-state index contributed by atoms with van der Waals surface area (Å²) in [6.07, 6.45) is 1.00. The van der Waals surface area contributed by atoms with Crippen molar-refractivity contribution >= 4 is 11.8 Å². The minimum atomic E-state index is -0.0575. The van der Waals surface area contributed by atoms with Crippen molar-refractivity contribution in [3.63, 3.8) is 0 Å². The van der Waals surface area contributed by atoms with Gasteiger partial charge in [-0.3, -0.25) is 0 Å². The first-order valence-corrected chi connectivity index (χ1v) is 7.44. The van der Waals surface area contributed by atoms with Gasteiger partial charge in [0, 0.05) is 12.3 Å². The van der Waals surface area contributed by atoms with Gasteiger partial charge in [0.1, 0.15) is 6.61 Å². The second kappa shape index (κ2) is 6.73. The van der Waals surface area contributed by atoms with Gasteiger partial charge in [-0.2, -0.15) is 0 Å². The Balaban J connectivity index is 2.08. The lowest BCUT2D eigenvalue weighted by Crippen LogP contribution is -2.04. The van der Waals surface area contributed by atoms with Crippen molar-refractivity contribution < 1.29 is 5.11 Å². The number of aryl methyl sites for hydroxylation is 1. The predicted molar refractivity (Wildman–Crippen MR) is 77.0 cm³/mol. The molecular weight excluding hydrogens is 258 g/mol. The Morgan fingerprint density at radius 2 is 2.16 bits per heavy atom. The Bertz CT molecular complexity index is 539. The Labute approximate surface area is 117 Å². The summed E-state index contributed by atoms with van der Waals surface area (Å²) >= 11 is 1.66. The van der Waals surface area contributed by atoms with Crippen molar-refractivity contribution in [1.82, 2.24) is 14.8 Å². The van der Waals surface area contributed by atoms with Gasteiger partial charge in [0.25, 0.3) is 0 Å². The Hall–Kier alpha value is -1.33. The van der Waals surface area contributed by atoms with Crippen LogP contribution in [0.2, 0.25) is 0 Å². The fourth-order valence-electron chi connectivity index (χ4n) is 1.94. The fraction of sp³-hybridized carbons (Fsp3) is 0.429. The summed E-state index contributed by atoms with van der Waals surface area (Å²) in [6.45, 7) is 4.99. The molecule has 0 fully saturated rings. The second-order valence-electron chi connectivity index (χ2n) is 4.49. The smallest absolute Gasteiger partial charge is 0.191 e. The Morgan fingerprint density at radius 1 is 1.32 bits per heavy atom. The van der Waals surface area contributed by atoms with Gasteiger partial charge >= 0.3 is 0 Å². The zero-order valence-corrected chi connectivity index (χ0v) is 12.2. The molecule has 0 aliphatic rings. The minimum absolute atomic E-state index is 0.0575. The van der Waals surface area contributed by atoms with Gasteiger partial charge in [-0.25, -0.2) is 0 Å². The summed E-state index contributed by atoms with van der Waals surface area (Å²) in [5.41, 5.74) is 2.55. The van der Waals surface area contributed by atoms with Crippen molar-refractivity contribution in [3.05, 3.63) is 41.2 Å². The molecule has 1 N–H and O–H groups in total. The molecule has 1 heterocycles. The molecule has 2 rings (SSSR count). The molecule has 0 radical (unpaired) electrons. The maximum atomic E-state index is 9.25. The van der Waals surface area contributed by atoms with Crippen LogP contribution in [-0.4, -0.2) is 19.9 Å². The first-order chi connectivity index (χ1) is 9.24. The van der Waals surface area contributed by atoms with Crippen LogP contribution in [0.4, 0.5) is 0 Å². The van der Waals surface area contributed by atoms with E-state index in [4.69, 9.17) is 0 Å². The summed E-state index contributed by atoms with van der Waals surface area (Å²) in [6, 6.07) is 8.47. The molecule has 0 aliphatic heterocycles. The lowest BCUT2D eigenvalue weighted by molar-refractivity contribution is 0.263. The van der Waals surface area contributed by atoms with E-state index in [1.165, 1.54) is 11.1 Å². The van der Waals surface area contributed by atoms with E-state index in [1.54, 1.807) is 11.8 Å². The van der Waals surface area contributed by atoms with Crippen LogP contribution in [0.25, 0.3) is 0 Å². The molecule has 0 saturated heterocycles. The number of thioether (sulfide) groups is 1. The number of rotatable bonds is 6. The van der Waals surface area contributed by atoms with Gasteiger partial charge in [0.2, 0.25) is 0 Å². The summed E-state index contributed by atoms with van der Waals surface area (Å²) in [5, 5.41) is 18.3. The van der Waals surface area contributed by atoms with Crippen LogP contribution in [-0.2, 0) is 18.9 Å². The highest BCUT2D eigenvalue weighted by Gasteiger charge is 2.11. The molecule has 19 heavy (non-hydrogen) atoms. The largest absolute Gasteiger partial charge is 0.388 e. The van der Waals surface area contributed by atoms with Crippen molar-refractivity contribution in [2.45, 2.75) is 44.3 Å². The number of aliphatic hydroxyl groups is 1. The van der Waals surface area contributed by atoms with Gasteiger partial charge in [-0.05, 0) is 18.9 Å². The van der Waals surface area contributed by atoms with E-state index in [-0.39, 0.29) is 6.61 Å². The molecule has 0 aliphatic carbocycles. The third-order valence-electron chi connectivity index (χ3n) is 2.83. The highest BCUT2D eigenvalue weighted by Crippen LogP contribution is 2.22. The molecule has 1 aromatic carbocycles. The molecular formula is C14H19N3OS. The number of hydrogen-bond acceptors (Lipinski definition) is 4. The molecule has 0 spiro atoms. The molecule has 4 nitrogen and oxygen atoms in total. The Morgan fingerprint density at radius 3 is 2.84 bits per heavy atom. The standard InChI is InChI=1S/C14H19N3OS/c1-3-7-17-13(9-18)15-16-14(17)19-10-12-6-4-5-11(2)8-12/h4-6,8,18H,3,7,9-10H2,1-2H3. The van der Waals surface area contributed by atoms with Crippen molar-refractivity contribution in [2.75, 3.05) is 0 Å². The molecule has 0 bridgehead atoms. The molecule has 1 aromatic heterocycles. The van der Waals surface area contributed by atoms with Gasteiger partial charge in [-0.15, -0.1) is 10.2 Å². The van der Waals surface area contributed by atoms with Crippen molar-refractivity contribution in [2.24, 2.45) is 0 Å². The zero-order chi connectivity index (χ0) is 13.7. The first-order valence-electron chi connectivity index (χ1n) is 6.46. The van der Waals surface area contributed by atoms with E-state index in [9.17, 15) is 5.11 Å². The third kappa shape index (κ3) is 3.58. The van der Waals surface area contributed by atoms with Gasteiger partial charge < -0.3 is 9.67 Å². The number of nitrogens with zero attached hydrogens (tertiary/aromatic N) is 3. The third-order valence-corrected chi connectivity index (χ3v) is 3.87. The SMILES string of the molecule is CCCn1c(CO)nnc1SCc1cccc(C)c1. The maximum Gasteiger partial charge on any atom is 0.191 e. The number of hydrogen-bond donors (Lipinski definition) is 1. The van der Waals surface area contributed by atoms with Gasteiger partial charge in [-0.1, -0.05) is 48.5 Å². The van der Waals surface area contributed by atoms with Crippen LogP contribution in [0.5, 0.6) is 0 Å². The topological polar surface area (TPSA) is 50.9 Å². The van der Waals surface area contributed by atoms with Crippen LogP contribution in [0.1, 0.15) is 30.3 Å². The fourth-order valence-corrected chi connectivity index (χ4v) is 2.87. The van der Waals surface area contributed by atoms with E-state index >= 15 is 0 Å². The molecule has 2 aromatic rings. The number of aromatic nitrogens is 3. The van der Waals surface area contributed by atoms with E-state index in [2.05, 4.69) is 48.3 Å². The predicted octanol–water partition coefficient (Wildman–Crippen LogP) is 2.78. The molecule has 0 amide bonds. The number of aliphatic hydroxyl groups excluding tert-OH is 1. The second-order valence-corrected chi connectivity index (χ2v) is 5.43. The van der Waals surface area contributed by atoms with E-state index in [0.717, 1.165) is 23.9 Å². The van der Waals surface area contributed by atoms with Gasteiger partial charge in [0.05, 0.1) is 0 Å². The van der Waals surface area contributed by atoms with Crippen LogP contribution < -0.4 is 0 Å². The molecule has 102 valence electrons. The zero-order valence-electron chi connectivity index (χ0n) is 11.3. The molecule has 0 atom stereocenters. The normalized spacial score (nSPS) is 10.9. The maximum absolute atomic E-state index is 9.25. The monoisotopic (exact) mass is 277 g/mol. The van der Waals surface area contributed by atoms with Crippen LogP contribution in [0.3, 0.4) is 0 Å². The lowest BCUT2D eigenvalue weighted by atomic mass is 10.2. The van der Waals surface area contributed by atoms with Crippen LogP contribution >= 0.6 is 11.8 Å². The van der Waals surface area contributed by atoms with Gasteiger partial charge in [0.15, 0.2) is 11.0 Å². The van der Waals surface area contributed by atoms with E-state index < -0.39 is 0 Å². The van der Waals surface area contributed by atoms with Crippen molar-refractivity contribution in [3.8, 4) is 0 Å². The summed E-state index contributed by atoms with van der Waals surface area (Å²) in [5.74, 6) is 1.52. The average molecular weight is 277 g/mol. The Kier molecular flexibility index (Phi) is 4.99. The highest BCUT2D eigenvalue weighted by atomic mass is 32.2. The summed E-state index contributed by atoms with van der Waals surface area (Å²) in [4.78, 5) is 0. The molecule has 0 saturated carbocycles. The van der Waals surface area contributed by atoms with Crippen LogP contribution in [0.15, 0.2) is 29.4 Å². The van der Waals surface area contributed by atoms with Crippen molar-refractivity contribution in [1.29, 1.82) is 0 Å². The molecule has 0 unspecified atom stereocenters. The van der Waals surface area contributed by atoms with E-state index in [0.29, 0.717) is 5.82 Å².